The molecule has 1 rings (SSSR count). The average Bonchev–Trinajstić information content (AvgIpc) is 1.94. The largest absolute Gasteiger partial charge is 0.395 e. The Balaban J connectivity index is 2.66. The van der Waals surface area contributed by atoms with Crippen molar-refractivity contribution in [2.24, 2.45) is 5.92 Å². The summed E-state index contributed by atoms with van der Waals surface area (Å²) in [5.74, 6) is 0.0172. The topological polar surface area (TPSA) is 75.6 Å². The fourth-order valence-electron chi connectivity index (χ4n) is 0.866. The third kappa shape index (κ3) is 2.13. The molecule has 1 heterocycles. The first kappa shape index (κ1) is 8.92. The summed E-state index contributed by atoms with van der Waals surface area (Å²) in [6.07, 6.45) is 0. The highest BCUT2D eigenvalue weighted by molar-refractivity contribution is 7.84. The van der Waals surface area contributed by atoms with Crippen molar-refractivity contribution in [3.05, 3.63) is 0 Å². The van der Waals surface area contributed by atoms with Gasteiger partial charge in [-0.2, -0.15) is 13.1 Å². The molecule has 0 amide bonds. The SMILES string of the molecule is C[C@H]1COS(=O)(=O)N[C@@H]1CO. The van der Waals surface area contributed by atoms with Gasteiger partial charge < -0.3 is 5.11 Å². The zero-order valence-corrected chi connectivity index (χ0v) is 6.97. The predicted octanol–water partition coefficient (Wildman–Crippen LogP) is -1.15. The second-order valence-electron chi connectivity index (χ2n) is 2.62. The van der Waals surface area contributed by atoms with E-state index in [-0.39, 0.29) is 19.1 Å². The molecule has 11 heavy (non-hydrogen) atoms. The van der Waals surface area contributed by atoms with Crippen molar-refractivity contribution < 1.29 is 17.7 Å². The van der Waals surface area contributed by atoms with Crippen LogP contribution in [0.2, 0.25) is 0 Å². The second-order valence-corrected chi connectivity index (χ2v) is 4.00. The summed E-state index contributed by atoms with van der Waals surface area (Å²) in [6.45, 7) is 1.76. The molecular formula is C5H11NO4S. The standard InChI is InChI=1S/C5H11NO4S/c1-4-3-10-11(8,9)6-5(4)2-7/h4-7H,2-3H2,1H3/t4-,5+/m0/s1. The number of rotatable bonds is 1. The van der Waals surface area contributed by atoms with E-state index in [1.807, 2.05) is 6.92 Å². The van der Waals surface area contributed by atoms with Gasteiger partial charge in [0.2, 0.25) is 0 Å². The van der Waals surface area contributed by atoms with Gasteiger partial charge in [-0.3, -0.25) is 4.18 Å². The quantitative estimate of drug-likeness (QED) is 0.535. The summed E-state index contributed by atoms with van der Waals surface area (Å²) in [6, 6.07) is -0.409. The lowest BCUT2D eigenvalue weighted by Gasteiger charge is -2.27. The van der Waals surface area contributed by atoms with Crippen molar-refractivity contribution in [2.45, 2.75) is 13.0 Å². The lowest BCUT2D eigenvalue weighted by molar-refractivity contribution is 0.147. The van der Waals surface area contributed by atoms with Crippen molar-refractivity contribution >= 4 is 10.3 Å². The van der Waals surface area contributed by atoms with E-state index in [1.54, 1.807) is 0 Å². The Labute approximate surface area is 65.6 Å². The molecule has 2 atom stereocenters. The molecule has 1 fully saturated rings. The fraction of sp³-hybridized carbons (Fsp3) is 1.00. The molecule has 1 aliphatic heterocycles. The van der Waals surface area contributed by atoms with Crippen LogP contribution in [0.25, 0.3) is 0 Å². The van der Waals surface area contributed by atoms with E-state index in [0.717, 1.165) is 0 Å². The summed E-state index contributed by atoms with van der Waals surface area (Å²) in [7, 11) is -3.59. The lowest BCUT2D eigenvalue weighted by atomic mass is 10.1. The number of aliphatic hydroxyl groups excluding tert-OH is 1. The van der Waals surface area contributed by atoms with Gasteiger partial charge in [0.1, 0.15) is 0 Å². The van der Waals surface area contributed by atoms with Gasteiger partial charge in [0.05, 0.1) is 19.3 Å². The molecule has 0 unspecified atom stereocenters. The van der Waals surface area contributed by atoms with Crippen LogP contribution in [-0.4, -0.2) is 32.8 Å². The van der Waals surface area contributed by atoms with Gasteiger partial charge in [0, 0.05) is 0 Å². The molecule has 0 aromatic heterocycles. The Kier molecular flexibility index (Phi) is 2.48. The maximum Gasteiger partial charge on any atom is 0.336 e. The molecule has 0 aliphatic carbocycles. The molecule has 0 saturated carbocycles. The molecule has 6 heteroatoms. The lowest BCUT2D eigenvalue weighted by Crippen LogP contribution is -2.49. The first-order chi connectivity index (χ1) is 5.05. The van der Waals surface area contributed by atoms with Crippen LogP contribution in [0.3, 0.4) is 0 Å². The van der Waals surface area contributed by atoms with Gasteiger partial charge in [0.25, 0.3) is 0 Å². The number of hydrogen-bond acceptors (Lipinski definition) is 4. The molecule has 2 N–H and O–H groups in total. The third-order valence-electron chi connectivity index (χ3n) is 1.67. The van der Waals surface area contributed by atoms with Crippen molar-refractivity contribution in [1.29, 1.82) is 0 Å². The van der Waals surface area contributed by atoms with E-state index in [1.165, 1.54) is 0 Å². The van der Waals surface area contributed by atoms with Crippen LogP contribution in [0.5, 0.6) is 0 Å². The van der Waals surface area contributed by atoms with Gasteiger partial charge in [0.15, 0.2) is 0 Å². The molecular weight excluding hydrogens is 170 g/mol. The zero-order valence-electron chi connectivity index (χ0n) is 6.15. The Morgan fingerprint density at radius 3 is 2.82 bits per heavy atom. The molecule has 1 aliphatic rings. The van der Waals surface area contributed by atoms with Crippen LogP contribution in [0.1, 0.15) is 6.92 Å². The molecule has 5 nitrogen and oxygen atoms in total. The van der Waals surface area contributed by atoms with Crippen molar-refractivity contribution in [2.75, 3.05) is 13.2 Å². The van der Waals surface area contributed by atoms with Crippen LogP contribution in [0.15, 0.2) is 0 Å². The Morgan fingerprint density at radius 1 is 1.73 bits per heavy atom. The van der Waals surface area contributed by atoms with Crippen LogP contribution in [-0.2, 0) is 14.5 Å². The second kappa shape index (κ2) is 3.06. The van der Waals surface area contributed by atoms with E-state index >= 15 is 0 Å². The van der Waals surface area contributed by atoms with Crippen molar-refractivity contribution in [3.8, 4) is 0 Å². The molecule has 1 saturated heterocycles. The van der Waals surface area contributed by atoms with E-state index in [4.69, 9.17) is 5.11 Å². The Bertz CT molecular complexity index is 225. The minimum absolute atomic E-state index is 0.0172. The van der Waals surface area contributed by atoms with Gasteiger partial charge in [-0.25, -0.2) is 0 Å². The van der Waals surface area contributed by atoms with Gasteiger partial charge in [-0.05, 0) is 5.92 Å². The Hall–Kier alpha value is -0.170. The summed E-state index contributed by atoms with van der Waals surface area (Å²) in [5, 5.41) is 8.71. The van der Waals surface area contributed by atoms with Gasteiger partial charge >= 0.3 is 10.3 Å². The molecule has 0 radical (unpaired) electrons. The van der Waals surface area contributed by atoms with E-state index < -0.39 is 16.3 Å². The molecule has 0 spiro atoms. The highest BCUT2D eigenvalue weighted by Crippen LogP contribution is 2.11. The van der Waals surface area contributed by atoms with Crippen LogP contribution < -0.4 is 4.72 Å². The van der Waals surface area contributed by atoms with E-state index in [9.17, 15) is 8.42 Å². The van der Waals surface area contributed by atoms with E-state index in [0.29, 0.717) is 0 Å². The normalized spacial score (nSPS) is 36.9. The average molecular weight is 181 g/mol. The highest BCUT2D eigenvalue weighted by Gasteiger charge is 2.29. The summed E-state index contributed by atoms with van der Waals surface area (Å²) in [5.41, 5.74) is 0. The molecule has 0 bridgehead atoms. The van der Waals surface area contributed by atoms with Crippen LogP contribution in [0, 0.1) is 5.92 Å². The summed E-state index contributed by atoms with van der Waals surface area (Å²) in [4.78, 5) is 0. The minimum atomic E-state index is -3.59. The highest BCUT2D eigenvalue weighted by atomic mass is 32.2. The monoisotopic (exact) mass is 181 g/mol. The summed E-state index contributed by atoms with van der Waals surface area (Å²) < 4.78 is 28.1. The molecule has 0 aromatic rings. The van der Waals surface area contributed by atoms with Crippen molar-refractivity contribution in [1.82, 2.24) is 4.72 Å². The molecule has 0 aromatic carbocycles. The smallest absolute Gasteiger partial charge is 0.336 e. The van der Waals surface area contributed by atoms with Crippen LogP contribution in [0.4, 0.5) is 0 Å². The number of aliphatic hydroxyl groups is 1. The predicted molar refractivity (Wildman–Crippen MR) is 38.0 cm³/mol. The van der Waals surface area contributed by atoms with Gasteiger partial charge in [-0.1, -0.05) is 6.92 Å². The first-order valence-corrected chi connectivity index (χ1v) is 4.73. The Morgan fingerprint density at radius 2 is 2.36 bits per heavy atom. The minimum Gasteiger partial charge on any atom is -0.395 e. The van der Waals surface area contributed by atoms with E-state index in [2.05, 4.69) is 8.91 Å². The number of hydrogen-bond donors (Lipinski definition) is 2. The van der Waals surface area contributed by atoms with Gasteiger partial charge in [-0.15, -0.1) is 0 Å². The maximum atomic E-state index is 10.7. The fourth-order valence-corrected chi connectivity index (χ4v) is 2.01. The zero-order chi connectivity index (χ0) is 8.48. The van der Waals surface area contributed by atoms with Crippen LogP contribution >= 0.6 is 0 Å². The summed E-state index contributed by atoms with van der Waals surface area (Å²) >= 11 is 0. The molecule has 66 valence electrons. The maximum absolute atomic E-state index is 10.7. The first-order valence-electron chi connectivity index (χ1n) is 3.32. The third-order valence-corrected chi connectivity index (χ3v) is 2.70. The van der Waals surface area contributed by atoms with Crippen molar-refractivity contribution in [3.63, 3.8) is 0 Å². The number of nitrogens with one attached hydrogen (secondary N) is 1.